The molecule has 4 rings (SSSR count). The van der Waals surface area contributed by atoms with Gasteiger partial charge in [0.15, 0.2) is 6.61 Å². The minimum absolute atomic E-state index is 0.126. The third-order valence-electron chi connectivity index (χ3n) is 4.76. The topological polar surface area (TPSA) is 59.9 Å². The summed E-state index contributed by atoms with van der Waals surface area (Å²) < 4.78 is 25.4. The normalized spacial score (nSPS) is 13.8. The zero-order chi connectivity index (χ0) is 22.9. The summed E-state index contributed by atoms with van der Waals surface area (Å²) in [6.45, 7) is -0.00391. The Labute approximate surface area is 200 Å². The highest BCUT2D eigenvalue weighted by Gasteiger charge is 2.18. The lowest BCUT2D eigenvalue weighted by molar-refractivity contribution is -0.123. The molecule has 0 atom stereocenters. The Hall–Kier alpha value is -2.97. The molecule has 1 aliphatic heterocycles. The Morgan fingerprint density at radius 1 is 1.00 bits per heavy atom. The van der Waals surface area contributed by atoms with E-state index in [1.165, 1.54) is 29.4 Å². The number of carbonyl (C=O) groups excluding carboxylic acids is 1. The van der Waals surface area contributed by atoms with E-state index < -0.39 is 0 Å². The Kier molecular flexibility index (Phi) is 8.27. The number of benzene rings is 3. The lowest BCUT2D eigenvalue weighted by Crippen LogP contribution is -2.24. The highest BCUT2D eigenvalue weighted by Crippen LogP contribution is 2.45. The first-order valence-electron chi connectivity index (χ1n) is 10.4. The SMILES string of the molecule is O=C(COc1ccc(C2SCCS2)cc1)N/N=C\c1cccc(OCc2ccccc2F)c1. The van der Waals surface area contributed by atoms with Crippen LogP contribution in [0.2, 0.25) is 0 Å². The van der Waals surface area contributed by atoms with E-state index in [0.29, 0.717) is 21.6 Å². The van der Waals surface area contributed by atoms with Crippen LogP contribution < -0.4 is 14.9 Å². The van der Waals surface area contributed by atoms with Crippen molar-refractivity contribution in [3.05, 3.63) is 95.3 Å². The van der Waals surface area contributed by atoms with E-state index in [0.717, 1.165) is 5.56 Å². The van der Waals surface area contributed by atoms with Crippen molar-refractivity contribution in [2.24, 2.45) is 5.10 Å². The molecule has 3 aromatic carbocycles. The number of carbonyl (C=O) groups is 1. The summed E-state index contributed by atoms with van der Waals surface area (Å²) >= 11 is 3.90. The maximum absolute atomic E-state index is 13.7. The first-order valence-corrected chi connectivity index (χ1v) is 12.5. The van der Waals surface area contributed by atoms with Crippen LogP contribution in [0.1, 0.15) is 21.3 Å². The quantitative estimate of drug-likeness (QED) is 0.326. The Balaban J connectivity index is 1.22. The van der Waals surface area contributed by atoms with Crippen molar-refractivity contribution in [3.8, 4) is 11.5 Å². The van der Waals surface area contributed by atoms with Crippen molar-refractivity contribution in [2.75, 3.05) is 18.1 Å². The molecule has 1 saturated heterocycles. The Morgan fingerprint density at radius 3 is 2.58 bits per heavy atom. The maximum atomic E-state index is 13.7. The standard InChI is InChI=1S/C25H23FN2O3S2/c26-23-7-2-1-5-20(23)16-30-22-6-3-4-18(14-22)15-27-28-24(29)17-31-21-10-8-19(9-11-21)25-32-12-13-33-25/h1-11,14-15,25H,12-13,16-17H2,(H,28,29)/b27-15-. The predicted octanol–water partition coefficient (Wildman–Crippen LogP) is 5.41. The van der Waals surface area contributed by atoms with Gasteiger partial charge in [0.2, 0.25) is 0 Å². The summed E-state index contributed by atoms with van der Waals surface area (Å²) in [7, 11) is 0. The van der Waals surface area contributed by atoms with Crippen LogP contribution in [0.25, 0.3) is 0 Å². The molecule has 1 amide bonds. The Bertz CT molecular complexity index is 1100. The van der Waals surface area contributed by atoms with Gasteiger partial charge >= 0.3 is 0 Å². The molecule has 0 aliphatic carbocycles. The van der Waals surface area contributed by atoms with Crippen LogP contribution in [0.4, 0.5) is 4.39 Å². The number of rotatable bonds is 9. The van der Waals surface area contributed by atoms with E-state index in [1.54, 1.807) is 36.4 Å². The third kappa shape index (κ3) is 7.00. The van der Waals surface area contributed by atoms with Crippen LogP contribution in [-0.2, 0) is 11.4 Å². The molecule has 0 bridgehead atoms. The van der Waals surface area contributed by atoms with Crippen LogP contribution >= 0.6 is 23.5 Å². The number of nitrogens with zero attached hydrogens (tertiary/aromatic N) is 1. The first kappa shape index (κ1) is 23.2. The van der Waals surface area contributed by atoms with Gasteiger partial charge in [-0.25, -0.2) is 9.82 Å². The van der Waals surface area contributed by atoms with Gasteiger partial charge in [-0.15, -0.1) is 23.5 Å². The molecule has 0 spiro atoms. The van der Waals surface area contributed by atoms with Crippen molar-refractivity contribution < 1.29 is 18.7 Å². The van der Waals surface area contributed by atoms with Gasteiger partial charge in [0, 0.05) is 17.1 Å². The van der Waals surface area contributed by atoms with Gasteiger partial charge in [0.1, 0.15) is 23.9 Å². The molecule has 1 fully saturated rings. The van der Waals surface area contributed by atoms with Gasteiger partial charge in [-0.05, 0) is 41.5 Å². The van der Waals surface area contributed by atoms with Crippen molar-refractivity contribution in [1.82, 2.24) is 5.43 Å². The fraction of sp³-hybridized carbons (Fsp3) is 0.200. The van der Waals surface area contributed by atoms with Crippen LogP contribution in [0.3, 0.4) is 0 Å². The monoisotopic (exact) mass is 482 g/mol. The zero-order valence-electron chi connectivity index (χ0n) is 17.8. The van der Waals surface area contributed by atoms with Crippen LogP contribution in [0, 0.1) is 5.82 Å². The molecule has 0 saturated carbocycles. The number of hydrogen-bond donors (Lipinski definition) is 1. The molecule has 3 aromatic rings. The van der Waals surface area contributed by atoms with E-state index in [-0.39, 0.29) is 24.9 Å². The molecule has 5 nitrogen and oxygen atoms in total. The summed E-state index contributed by atoms with van der Waals surface area (Å²) in [5.74, 6) is 2.92. The van der Waals surface area contributed by atoms with E-state index in [9.17, 15) is 9.18 Å². The molecule has 0 radical (unpaired) electrons. The zero-order valence-corrected chi connectivity index (χ0v) is 19.4. The average Bonchev–Trinajstić information content (AvgIpc) is 3.38. The minimum Gasteiger partial charge on any atom is -0.489 e. The van der Waals surface area contributed by atoms with Crippen LogP contribution in [0.5, 0.6) is 11.5 Å². The van der Waals surface area contributed by atoms with Gasteiger partial charge in [-0.3, -0.25) is 4.79 Å². The second-order valence-electron chi connectivity index (χ2n) is 7.18. The van der Waals surface area contributed by atoms with Gasteiger partial charge in [0.05, 0.1) is 10.8 Å². The fourth-order valence-corrected chi connectivity index (χ4v) is 5.95. The number of hydrazone groups is 1. The molecular formula is C25H23FN2O3S2. The predicted molar refractivity (Wildman–Crippen MR) is 133 cm³/mol. The third-order valence-corrected chi connectivity index (χ3v) is 7.86. The summed E-state index contributed by atoms with van der Waals surface area (Å²) in [6, 6.07) is 21.5. The van der Waals surface area contributed by atoms with Gasteiger partial charge in [0.25, 0.3) is 5.91 Å². The molecule has 1 heterocycles. The molecule has 33 heavy (non-hydrogen) atoms. The van der Waals surface area contributed by atoms with Gasteiger partial charge < -0.3 is 9.47 Å². The summed E-state index contributed by atoms with van der Waals surface area (Å²) in [4.78, 5) is 12.0. The second-order valence-corrected chi connectivity index (χ2v) is 9.90. The lowest BCUT2D eigenvalue weighted by Gasteiger charge is -2.10. The van der Waals surface area contributed by atoms with Crippen molar-refractivity contribution in [1.29, 1.82) is 0 Å². The lowest BCUT2D eigenvalue weighted by atomic mass is 10.2. The molecule has 1 aliphatic rings. The van der Waals surface area contributed by atoms with Gasteiger partial charge in [-0.2, -0.15) is 5.10 Å². The maximum Gasteiger partial charge on any atom is 0.277 e. The first-order chi connectivity index (χ1) is 16.2. The van der Waals surface area contributed by atoms with Crippen molar-refractivity contribution in [3.63, 3.8) is 0 Å². The second kappa shape index (κ2) is 11.8. The number of ether oxygens (including phenoxy) is 2. The molecule has 170 valence electrons. The fourth-order valence-electron chi connectivity index (χ4n) is 3.09. The van der Waals surface area contributed by atoms with Crippen LogP contribution in [0.15, 0.2) is 77.9 Å². The van der Waals surface area contributed by atoms with E-state index in [4.69, 9.17) is 9.47 Å². The summed E-state index contributed by atoms with van der Waals surface area (Å²) in [5.41, 5.74) is 4.94. The highest BCUT2D eigenvalue weighted by molar-refractivity contribution is 8.19. The van der Waals surface area contributed by atoms with E-state index in [2.05, 4.69) is 10.5 Å². The number of hydrogen-bond acceptors (Lipinski definition) is 6. The smallest absolute Gasteiger partial charge is 0.277 e. The number of amides is 1. The van der Waals surface area contributed by atoms with Gasteiger partial charge in [-0.1, -0.05) is 42.5 Å². The minimum atomic E-state index is -0.357. The van der Waals surface area contributed by atoms with Crippen LogP contribution in [-0.4, -0.2) is 30.2 Å². The molecular weight excluding hydrogens is 459 g/mol. The molecule has 0 unspecified atom stereocenters. The number of halogens is 1. The number of thioether (sulfide) groups is 2. The Morgan fingerprint density at radius 2 is 1.79 bits per heavy atom. The summed E-state index contributed by atoms with van der Waals surface area (Å²) in [6.07, 6.45) is 1.51. The van der Waals surface area contributed by atoms with Crippen molar-refractivity contribution >= 4 is 35.6 Å². The van der Waals surface area contributed by atoms with Crippen molar-refractivity contribution in [2.45, 2.75) is 11.2 Å². The van der Waals surface area contributed by atoms with E-state index >= 15 is 0 Å². The highest BCUT2D eigenvalue weighted by atomic mass is 32.2. The summed E-state index contributed by atoms with van der Waals surface area (Å²) in [5, 5.41) is 3.97. The van der Waals surface area contributed by atoms with E-state index in [1.807, 2.05) is 53.9 Å². The molecule has 8 heteroatoms. The largest absolute Gasteiger partial charge is 0.489 e. The molecule has 1 N–H and O–H groups in total. The average molecular weight is 483 g/mol. The molecule has 0 aromatic heterocycles. The number of nitrogens with one attached hydrogen (secondary N) is 1.